The highest BCUT2D eigenvalue weighted by atomic mass is 16.5. The first-order valence-electron chi connectivity index (χ1n) is 9.27. The van der Waals surface area contributed by atoms with E-state index in [0.717, 1.165) is 57.8 Å². The van der Waals surface area contributed by atoms with Gasteiger partial charge in [0.2, 0.25) is 5.91 Å². The minimum Gasteiger partial charge on any atom is -0.368 e. The number of piperidine rings is 2. The van der Waals surface area contributed by atoms with Crippen molar-refractivity contribution in [3.05, 3.63) is 0 Å². The lowest BCUT2D eigenvalue weighted by Crippen LogP contribution is -2.44. The third-order valence-electron chi connectivity index (χ3n) is 5.68. The molecule has 4 nitrogen and oxygen atoms in total. The molecule has 0 N–H and O–H groups in total. The molecule has 22 heavy (non-hydrogen) atoms. The van der Waals surface area contributed by atoms with Crippen LogP contribution in [0.2, 0.25) is 0 Å². The van der Waals surface area contributed by atoms with Crippen LogP contribution in [0.4, 0.5) is 0 Å². The highest BCUT2D eigenvalue weighted by molar-refractivity contribution is 5.77. The molecule has 0 aromatic rings. The number of carbonyl (C=O) groups excluding carboxylic acids is 1. The zero-order valence-electron chi connectivity index (χ0n) is 14.7. The summed E-state index contributed by atoms with van der Waals surface area (Å²) in [5.74, 6) is 1.01. The van der Waals surface area contributed by atoms with Crippen molar-refractivity contribution in [3.63, 3.8) is 0 Å². The van der Waals surface area contributed by atoms with Gasteiger partial charge in [0.15, 0.2) is 0 Å². The molecule has 2 heterocycles. The number of hydrogen-bond acceptors (Lipinski definition) is 3. The topological polar surface area (TPSA) is 32.8 Å². The molecular formula is C18H34N2O2. The zero-order valence-corrected chi connectivity index (χ0v) is 14.7. The van der Waals surface area contributed by atoms with Gasteiger partial charge in [-0.2, -0.15) is 0 Å². The number of carbonyl (C=O) groups is 1. The molecule has 2 fully saturated rings. The van der Waals surface area contributed by atoms with Crippen LogP contribution in [0.15, 0.2) is 0 Å². The molecule has 1 amide bonds. The third kappa shape index (κ3) is 4.95. The van der Waals surface area contributed by atoms with Gasteiger partial charge in [-0.25, -0.2) is 0 Å². The summed E-state index contributed by atoms with van der Waals surface area (Å²) < 4.78 is 5.89. The SMILES string of the molecule is CCC1CCN(C(=O)COC2CCN(C(C)CC)CC2)CC1. The largest absolute Gasteiger partial charge is 0.368 e. The van der Waals surface area contributed by atoms with Crippen LogP contribution in [-0.4, -0.2) is 60.6 Å². The second-order valence-electron chi connectivity index (χ2n) is 7.04. The van der Waals surface area contributed by atoms with Crippen molar-refractivity contribution in [1.82, 2.24) is 9.80 Å². The Bertz CT molecular complexity index is 332. The van der Waals surface area contributed by atoms with E-state index in [9.17, 15) is 4.79 Å². The summed E-state index contributed by atoms with van der Waals surface area (Å²) in [6, 6.07) is 0.669. The van der Waals surface area contributed by atoms with Crippen LogP contribution < -0.4 is 0 Å². The molecule has 0 bridgehead atoms. The quantitative estimate of drug-likeness (QED) is 0.756. The lowest BCUT2D eigenvalue weighted by Gasteiger charge is -2.36. The molecule has 2 saturated heterocycles. The average molecular weight is 310 g/mol. The summed E-state index contributed by atoms with van der Waals surface area (Å²) in [6.07, 6.45) is 7.18. The minimum absolute atomic E-state index is 0.193. The fourth-order valence-electron chi connectivity index (χ4n) is 3.61. The lowest BCUT2D eigenvalue weighted by atomic mass is 9.94. The smallest absolute Gasteiger partial charge is 0.248 e. The summed E-state index contributed by atoms with van der Waals surface area (Å²) in [6.45, 7) is 11.1. The molecular weight excluding hydrogens is 276 g/mol. The zero-order chi connectivity index (χ0) is 15.9. The summed E-state index contributed by atoms with van der Waals surface area (Å²) in [4.78, 5) is 16.8. The molecule has 0 saturated carbocycles. The van der Waals surface area contributed by atoms with Crippen molar-refractivity contribution in [2.24, 2.45) is 5.92 Å². The number of likely N-dealkylation sites (tertiary alicyclic amines) is 2. The molecule has 1 unspecified atom stereocenters. The van der Waals surface area contributed by atoms with Gasteiger partial charge in [-0.3, -0.25) is 4.79 Å². The van der Waals surface area contributed by atoms with Gasteiger partial charge in [0, 0.05) is 32.2 Å². The van der Waals surface area contributed by atoms with E-state index < -0.39 is 0 Å². The minimum atomic E-state index is 0.193. The summed E-state index contributed by atoms with van der Waals surface area (Å²) >= 11 is 0. The van der Waals surface area contributed by atoms with E-state index in [0.29, 0.717) is 6.04 Å². The molecule has 2 aliphatic rings. The predicted molar refractivity (Wildman–Crippen MR) is 89.9 cm³/mol. The first kappa shape index (κ1) is 17.7. The maximum Gasteiger partial charge on any atom is 0.248 e. The summed E-state index contributed by atoms with van der Waals surface area (Å²) in [5, 5.41) is 0. The van der Waals surface area contributed by atoms with Gasteiger partial charge in [-0.15, -0.1) is 0 Å². The standard InChI is InChI=1S/C18H34N2O2/c1-4-15(3)19-12-8-17(9-13-19)22-14-18(21)20-10-6-16(5-2)7-11-20/h15-17H,4-14H2,1-3H3. The van der Waals surface area contributed by atoms with E-state index in [1.165, 1.54) is 12.8 Å². The van der Waals surface area contributed by atoms with Crippen molar-refractivity contribution < 1.29 is 9.53 Å². The van der Waals surface area contributed by atoms with E-state index in [1.54, 1.807) is 0 Å². The van der Waals surface area contributed by atoms with Gasteiger partial charge < -0.3 is 14.5 Å². The van der Waals surface area contributed by atoms with Crippen molar-refractivity contribution in [2.75, 3.05) is 32.8 Å². The van der Waals surface area contributed by atoms with E-state index in [-0.39, 0.29) is 18.6 Å². The molecule has 4 heteroatoms. The summed E-state index contributed by atoms with van der Waals surface area (Å²) in [7, 11) is 0. The summed E-state index contributed by atoms with van der Waals surface area (Å²) in [5.41, 5.74) is 0. The predicted octanol–water partition coefficient (Wildman–Crippen LogP) is 2.91. The second kappa shape index (κ2) is 8.88. The van der Waals surface area contributed by atoms with Crippen LogP contribution in [0.1, 0.15) is 59.3 Å². The monoisotopic (exact) mass is 310 g/mol. The Balaban J connectivity index is 1.63. The van der Waals surface area contributed by atoms with Crippen molar-refractivity contribution in [1.29, 1.82) is 0 Å². The number of nitrogens with zero attached hydrogens (tertiary/aromatic N) is 2. The third-order valence-corrected chi connectivity index (χ3v) is 5.68. The van der Waals surface area contributed by atoms with Crippen molar-refractivity contribution in [3.8, 4) is 0 Å². The fourth-order valence-corrected chi connectivity index (χ4v) is 3.61. The van der Waals surface area contributed by atoms with Gasteiger partial charge in [0.25, 0.3) is 0 Å². The molecule has 2 aliphatic heterocycles. The molecule has 0 aromatic carbocycles. The Morgan fingerprint density at radius 2 is 1.73 bits per heavy atom. The number of rotatable bonds is 6. The fraction of sp³-hybridized carbons (Fsp3) is 0.944. The van der Waals surface area contributed by atoms with Crippen LogP contribution in [0, 0.1) is 5.92 Å². The Morgan fingerprint density at radius 1 is 1.09 bits per heavy atom. The first-order valence-corrected chi connectivity index (χ1v) is 9.27. The Kier molecular flexibility index (Phi) is 7.16. The number of ether oxygens (including phenoxy) is 1. The van der Waals surface area contributed by atoms with Crippen LogP contribution >= 0.6 is 0 Å². The van der Waals surface area contributed by atoms with Crippen molar-refractivity contribution >= 4 is 5.91 Å². The molecule has 128 valence electrons. The van der Waals surface area contributed by atoms with E-state index in [4.69, 9.17) is 4.74 Å². The molecule has 2 rings (SSSR count). The highest BCUT2D eigenvalue weighted by Crippen LogP contribution is 2.21. The Morgan fingerprint density at radius 3 is 2.27 bits per heavy atom. The van der Waals surface area contributed by atoms with Gasteiger partial charge in [0.05, 0.1) is 6.10 Å². The number of hydrogen-bond donors (Lipinski definition) is 0. The van der Waals surface area contributed by atoms with Gasteiger partial charge in [-0.1, -0.05) is 20.3 Å². The molecule has 0 radical (unpaired) electrons. The lowest BCUT2D eigenvalue weighted by molar-refractivity contribution is -0.140. The molecule has 0 spiro atoms. The Labute approximate surface area is 136 Å². The normalized spacial score (nSPS) is 23.7. The van der Waals surface area contributed by atoms with Crippen molar-refractivity contribution in [2.45, 2.75) is 71.4 Å². The highest BCUT2D eigenvalue weighted by Gasteiger charge is 2.25. The average Bonchev–Trinajstić information content (AvgIpc) is 2.59. The van der Waals surface area contributed by atoms with Gasteiger partial charge in [-0.05, 0) is 44.9 Å². The van der Waals surface area contributed by atoms with Crippen LogP contribution in [0.25, 0.3) is 0 Å². The Hall–Kier alpha value is -0.610. The van der Waals surface area contributed by atoms with Gasteiger partial charge in [0.1, 0.15) is 6.61 Å². The van der Waals surface area contributed by atoms with Crippen LogP contribution in [0.5, 0.6) is 0 Å². The molecule has 1 atom stereocenters. The first-order chi connectivity index (χ1) is 10.6. The van der Waals surface area contributed by atoms with Crippen LogP contribution in [0.3, 0.4) is 0 Å². The van der Waals surface area contributed by atoms with E-state index >= 15 is 0 Å². The van der Waals surface area contributed by atoms with Gasteiger partial charge >= 0.3 is 0 Å². The maximum atomic E-state index is 12.2. The maximum absolute atomic E-state index is 12.2. The number of amides is 1. The molecule has 0 aromatic heterocycles. The van der Waals surface area contributed by atoms with Crippen LogP contribution in [-0.2, 0) is 9.53 Å². The molecule has 0 aliphatic carbocycles. The van der Waals surface area contributed by atoms with E-state index in [1.807, 2.05) is 4.90 Å². The van der Waals surface area contributed by atoms with E-state index in [2.05, 4.69) is 25.7 Å². The second-order valence-corrected chi connectivity index (χ2v) is 7.04.